The minimum Gasteiger partial charge on any atom is -0.478 e. The number of nitrogens with zero attached hydrogens (tertiary/aromatic N) is 2. The molecule has 29 heavy (non-hydrogen) atoms. The van der Waals surface area contributed by atoms with Crippen LogP contribution in [0.5, 0.6) is 0 Å². The maximum Gasteiger partial charge on any atom is 0.343 e. The van der Waals surface area contributed by atoms with Crippen molar-refractivity contribution in [2.75, 3.05) is 0 Å². The summed E-state index contributed by atoms with van der Waals surface area (Å²) in [6.45, 7) is 1.77. The molecule has 0 aliphatic carbocycles. The number of hydrogen-bond acceptors (Lipinski definition) is 6. The number of benzene rings is 1. The van der Waals surface area contributed by atoms with Crippen LogP contribution in [0.15, 0.2) is 35.1 Å². The zero-order valence-corrected chi connectivity index (χ0v) is 15.4. The Labute approximate surface area is 164 Å². The number of aromatic nitrogens is 2. The van der Waals surface area contributed by atoms with Crippen molar-refractivity contribution < 1.29 is 24.5 Å². The van der Waals surface area contributed by atoms with Crippen LogP contribution < -0.4 is 5.56 Å². The molecular formula is C21H16N2O6. The molecule has 0 spiro atoms. The fourth-order valence-electron chi connectivity index (χ4n) is 4.11. The number of ether oxygens (including phenoxy) is 1. The molecule has 3 aromatic rings. The van der Waals surface area contributed by atoms with E-state index in [0.29, 0.717) is 23.4 Å². The average molecular weight is 392 g/mol. The van der Waals surface area contributed by atoms with Gasteiger partial charge in [-0.2, -0.15) is 0 Å². The van der Waals surface area contributed by atoms with Crippen molar-refractivity contribution >= 4 is 22.8 Å². The third-order valence-electron chi connectivity index (χ3n) is 5.76. The molecule has 2 aliphatic heterocycles. The van der Waals surface area contributed by atoms with Crippen LogP contribution in [0, 0.1) is 0 Å². The number of aromatic carboxylic acids is 1. The van der Waals surface area contributed by atoms with Crippen molar-refractivity contribution in [1.29, 1.82) is 0 Å². The quantitative estimate of drug-likeness (QED) is 0.499. The van der Waals surface area contributed by atoms with Crippen LogP contribution in [-0.2, 0) is 28.3 Å². The van der Waals surface area contributed by atoms with Gasteiger partial charge in [-0.15, -0.1) is 0 Å². The number of aliphatic hydroxyl groups is 1. The van der Waals surface area contributed by atoms with E-state index in [-0.39, 0.29) is 35.3 Å². The van der Waals surface area contributed by atoms with Crippen LogP contribution in [0.4, 0.5) is 0 Å². The second-order valence-electron chi connectivity index (χ2n) is 7.31. The van der Waals surface area contributed by atoms with E-state index < -0.39 is 17.5 Å². The molecule has 5 rings (SSSR count). The van der Waals surface area contributed by atoms with Crippen molar-refractivity contribution in [3.05, 3.63) is 62.9 Å². The number of rotatable bonds is 2. The largest absolute Gasteiger partial charge is 0.478 e. The first-order valence-electron chi connectivity index (χ1n) is 9.17. The molecule has 0 bridgehead atoms. The maximum atomic E-state index is 13.1. The highest BCUT2D eigenvalue weighted by molar-refractivity contribution is 5.94. The molecule has 0 fully saturated rings. The van der Waals surface area contributed by atoms with Crippen LogP contribution >= 0.6 is 0 Å². The highest BCUT2D eigenvalue weighted by Gasteiger charge is 2.45. The van der Waals surface area contributed by atoms with Crippen molar-refractivity contribution in [3.63, 3.8) is 0 Å². The zero-order valence-electron chi connectivity index (χ0n) is 15.4. The highest BCUT2D eigenvalue weighted by Crippen LogP contribution is 2.38. The van der Waals surface area contributed by atoms with Crippen molar-refractivity contribution in [2.45, 2.75) is 32.1 Å². The van der Waals surface area contributed by atoms with Crippen LogP contribution in [0.2, 0.25) is 0 Å². The number of carbonyl (C=O) groups is 2. The van der Waals surface area contributed by atoms with E-state index >= 15 is 0 Å². The van der Waals surface area contributed by atoms with Gasteiger partial charge in [0.05, 0.1) is 34.6 Å². The van der Waals surface area contributed by atoms with E-state index in [1.165, 1.54) is 12.1 Å². The van der Waals surface area contributed by atoms with E-state index in [2.05, 4.69) is 4.98 Å². The zero-order chi connectivity index (χ0) is 20.5. The Morgan fingerprint density at radius 1 is 1.28 bits per heavy atom. The SMILES string of the molecule is CCC1(O)C(=O)OCc2c1cc1n(c2=O)Cc2cc3ccc(C(=O)O)cc3nc2-1. The standard InChI is InChI=1S/C21H16N2O6/c1-2-21(28)14-7-16-17-12(8-23(16)18(24)13(14)9-29-20(21)27)5-10-3-4-11(19(25)26)6-15(10)22-17/h3-7,28H,2,8-9H2,1H3,(H,25,26). The van der Waals surface area contributed by atoms with E-state index in [1.807, 2.05) is 6.07 Å². The van der Waals surface area contributed by atoms with Gasteiger partial charge in [-0.05, 0) is 30.7 Å². The lowest BCUT2D eigenvalue weighted by Crippen LogP contribution is -2.44. The Kier molecular flexibility index (Phi) is 3.48. The monoisotopic (exact) mass is 392 g/mol. The van der Waals surface area contributed by atoms with E-state index in [4.69, 9.17) is 4.74 Å². The van der Waals surface area contributed by atoms with Gasteiger partial charge in [-0.25, -0.2) is 14.6 Å². The molecule has 2 aromatic heterocycles. The number of carbonyl (C=O) groups excluding carboxylic acids is 1. The first-order valence-corrected chi connectivity index (χ1v) is 9.17. The summed E-state index contributed by atoms with van der Waals surface area (Å²) >= 11 is 0. The van der Waals surface area contributed by atoms with Crippen molar-refractivity contribution in [1.82, 2.24) is 9.55 Å². The summed E-state index contributed by atoms with van der Waals surface area (Å²) in [7, 11) is 0. The lowest BCUT2D eigenvalue weighted by molar-refractivity contribution is -0.172. The van der Waals surface area contributed by atoms with Gasteiger partial charge in [-0.3, -0.25) is 4.79 Å². The smallest absolute Gasteiger partial charge is 0.343 e. The highest BCUT2D eigenvalue weighted by atomic mass is 16.6. The normalized spacial score (nSPS) is 19.4. The first-order chi connectivity index (χ1) is 13.8. The van der Waals surface area contributed by atoms with Gasteiger partial charge in [0, 0.05) is 16.5 Å². The average Bonchev–Trinajstić information content (AvgIpc) is 3.07. The van der Waals surface area contributed by atoms with Crippen LogP contribution in [-0.4, -0.2) is 31.7 Å². The minimum absolute atomic E-state index is 0.0711. The molecule has 8 heteroatoms. The molecule has 0 radical (unpaired) electrons. The maximum absolute atomic E-state index is 13.1. The molecule has 8 nitrogen and oxygen atoms in total. The number of esters is 1. The van der Waals surface area contributed by atoms with Gasteiger partial charge in [0.25, 0.3) is 5.56 Å². The van der Waals surface area contributed by atoms with Crippen LogP contribution in [0.1, 0.15) is 40.4 Å². The molecular weight excluding hydrogens is 376 g/mol. The molecule has 0 saturated heterocycles. The second-order valence-corrected chi connectivity index (χ2v) is 7.31. The second kappa shape index (κ2) is 5.74. The minimum atomic E-state index is -1.88. The molecule has 0 amide bonds. The lowest BCUT2D eigenvalue weighted by atomic mass is 9.86. The summed E-state index contributed by atoms with van der Waals surface area (Å²) in [6.07, 6.45) is 0.0711. The number of pyridine rings is 2. The number of fused-ring (bicyclic) bond motifs is 5. The third-order valence-corrected chi connectivity index (χ3v) is 5.76. The Balaban J connectivity index is 1.77. The summed E-state index contributed by atoms with van der Waals surface area (Å²) in [4.78, 5) is 41.1. The summed E-state index contributed by atoms with van der Waals surface area (Å²) in [5, 5.41) is 20.9. The number of carboxylic acid groups (broad SMARTS) is 1. The van der Waals surface area contributed by atoms with Crippen LogP contribution in [0.25, 0.3) is 22.3 Å². The fraction of sp³-hybridized carbons (Fsp3) is 0.238. The van der Waals surface area contributed by atoms with Crippen molar-refractivity contribution in [2.24, 2.45) is 0 Å². The topological polar surface area (TPSA) is 119 Å². The lowest BCUT2D eigenvalue weighted by Gasteiger charge is -2.31. The number of carboxylic acids is 1. The molecule has 0 saturated carbocycles. The fourth-order valence-corrected chi connectivity index (χ4v) is 4.11. The summed E-state index contributed by atoms with van der Waals surface area (Å²) in [5.41, 5.74) is 0.770. The third kappa shape index (κ3) is 2.29. The molecule has 1 atom stereocenters. The summed E-state index contributed by atoms with van der Waals surface area (Å²) < 4.78 is 6.60. The first kappa shape index (κ1) is 17.6. The predicted octanol–water partition coefficient (Wildman–Crippen LogP) is 1.78. The van der Waals surface area contributed by atoms with E-state index in [1.54, 1.807) is 23.6 Å². The molecule has 4 heterocycles. The van der Waals surface area contributed by atoms with Gasteiger partial charge < -0.3 is 19.5 Å². The van der Waals surface area contributed by atoms with E-state index in [9.17, 15) is 24.6 Å². The van der Waals surface area contributed by atoms with Gasteiger partial charge >= 0.3 is 11.9 Å². The number of hydrogen-bond donors (Lipinski definition) is 2. The molecule has 2 N–H and O–H groups in total. The molecule has 146 valence electrons. The summed E-state index contributed by atoms with van der Waals surface area (Å²) in [5.74, 6) is -1.82. The molecule has 2 aliphatic rings. The summed E-state index contributed by atoms with van der Waals surface area (Å²) in [6, 6.07) is 8.19. The van der Waals surface area contributed by atoms with Gasteiger partial charge in [-0.1, -0.05) is 13.0 Å². The number of cyclic esters (lactones) is 1. The Morgan fingerprint density at radius 2 is 2.07 bits per heavy atom. The molecule has 1 aromatic carbocycles. The molecule has 1 unspecified atom stereocenters. The van der Waals surface area contributed by atoms with Gasteiger partial charge in [0.15, 0.2) is 5.60 Å². The van der Waals surface area contributed by atoms with Crippen LogP contribution in [0.3, 0.4) is 0 Å². The Morgan fingerprint density at radius 3 is 2.79 bits per heavy atom. The Bertz CT molecular complexity index is 1310. The van der Waals surface area contributed by atoms with Gasteiger partial charge in [0.1, 0.15) is 6.61 Å². The van der Waals surface area contributed by atoms with E-state index in [0.717, 1.165) is 10.9 Å². The Hall–Kier alpha value is -3.52. The predicted molar refractivity (Wildman–Crippen MR) is 101 cm³/mol. The van der Waals surface area contributed by atoms with Crippen molar-refractivity contribution in [3.8, 4) is 11.4 Å². The van der Waals surface area contributed by atoms with Gasteiger partial charge in [0.2, 0.25) is 0 Å².